The van der Waals surface area contributed by atoms with Gasteiger partial charge in [-0.3, -0.25) is 18.6 Å². The summed E-state index contributed by atoms with van der Waals surface area (Å²) < 4.78 is 43.4. The fourth-order valence-corrected chi connectivity index (χ4v) is 4.26. The van der Waals surface area contributed by atoms with Crippen molar-refractivity contribution in [3.8, 4) is 0 Å². The molecule has 1 atom stereocenters. The number of benzene rings is 1. The Morgan fingerprint density at radius 3 is 2.67 bits per heavy atom. The van der Waals surface area contributed by atoms with Gasteiger partial charge in [0.25, 0.3) is 5.56 Å². The Labute approximate surface area is 230 Å². The van der Waals surface area contributed by atoms with Crippen molar-refractivity contribution in [1.29, 1.82) is 0 Å². The number of rotatable bonds is 9. The van der Waals surface area contributed by atoms with Crippen molar-refractivity contribution < 1.29 is 23.2 Å². The number of anilines is 1. The number of halogens is 3. The summed E-state index contributed by atoms with van der Waals surface area (Å²) in [5, 5.41) is 25.9. The topological polar surface area (TPSA) is 139 Å². The van der Waals surface area contributed by atoms with Gasteiger partial charge in [0.2, 0.25) is 5.81 Å². The van der Waals surface area contributed by atoms with E-state index in [-0.39, 0.29) is 39.4 Å². The quantitative estimate of drug-likeness (QED) is 0.223. The number of hydrogen-bond donors (Lipinski definition) is 2. The van der Waals surface area contributed by atoms with Gasteiger partial charge in [-0.1, -0.05) is 23.7 Å². The van der Waals surface area contributed by atoms with Crippen LogP contribution >= 0.6 is 11.6 Å². The second kappa shape index (κ2) is 12.1. The molecule has 1 aromatic carbocycles. The van der Waals surface area contributed by atoms with Crippen LogP contribution in [-0.2, 0) is 23.2 Å². The molecule has 2 N–H and O–H groups in total. The van der Waals surface area contributed by atoms with E-state index in [1.807, 2.05) is 0 Å². The van der Waals surface area contributed by atoms with Crippen LogP contribution in [0.5, 0.6) is 0 Å². The molecule has 0 spiro atoms. The summed E-state index contributed by atoms with van der Waals surface area (Å²) in [6, 6.07) is 4.01. The summed E-state index contributed by atoms with van der Waals surface area (Å²) >= 11 is 6.29. The Balaban J connectivity index is 2.03. The smallest absolute Gasteiger partial charge is 0.278 e. The van der Waals surface area contributed by atoms with Crippen molar-refractivity contribution in [3.63, 3.8) is 0 Å². The summed E-state index contributed by atoms with van der Waals surface area (Å²) in [5.74, 6) is -4.73. The Morgan fingerprint density at radius 1 is 1.38 bits per heavy atom. The molecule has 11 nitrogen and oxygen atoms in total. The van der Waals surface area contributed by atoms with Crippen LogP contribution in [0.1, 0.15) is 24.0 Å². The van der Waals surface area contributed by atoms with Gasteiger partial charge in [-0.15, -0.1) is 4.80 Å². The molecule has 204 valence electrons. The first-order chi connectivity index (χ1) is 18.3. The van der Waals surface area contributed by atoms with Crippen molar-refractivity contribution in [1.82, 2.24) is 24.5 Å². The molecule has 0 bridgehead atoms. The fraction of sp³-hybridized carbons (Fsp3) is 0.261. The first-order valence-electron chi connectivity index (χ1n) is 11.1. The molecular weight excluding hydrogens is 555 g/mol. The molecule has 2 aromatic heterocycles. The van der Waals surface area contributed by atoms with E-state index in [9.17, 15) is 19.2 Å². The summed E-state index contributed by atoms with van der Waals surface area (Å²) in [4.78, 5) is 23.1. The largest absolute Gasteiger partial charge is 0.355 e. The molecule has 3 rings (SSSR count). The maximum atomic E-state index is 15.6. The molecule has 2 heterocycles. The van der Waals surface area contributed by atoms with Crippen LogP contribution in [0, 0.1) is 12.7 Å². The Morgan fingerprint density at radius 2 is 2.08 bits per heavy atom. The molecule has 39 heavy (non-hydrogen) atoms. The van der Waals surface area contributed by atoms with E-state index in [0.29, 0.717) is 4.80 Å². The minimum atomic E-state index is -2.80. The van der Waals surface area contributed by atoms with Gasteiger partial charge in [-0.05, 0) is 26.0 Å². The van der Waals surface area contributed by atoms with Crippen LogP contribution in [0.15, 0.2) is 57.2 Å². The third kappa shape index (κ3) is 6.73. The monoisotopic (exact) mass is 577 g/mol. The zero-order valence-electron chi connectivity index (χ0n) is 21.2. The third-order valence-electron chi connectivity index (χ3n) is 5.16. The maximum Gasteiger partial charge on any atom is 0.278 e. The predicted octanol–water partition coefficient (Wildman–Crippen LogP) is 1.82. The van der Waals surface area contributed by atoms with Crippen LogP contribution in [0.25, 0.3) is 6.20 Å². The van der Waals surface area contributed by atoms with Crippen LogP contribution in [0.2, 0.25) is 5.02 Å². The van der Waals surface area contributed by atoms with Gasteiger partial charge in [-0.25, -0.2) is 13.8 Å². The predicted molar refractivity (Wildman–Crippen MR) is 144 cm³/mol. The van der Waals surface area contributed by atoms with E-state index < -0.39 is 39.5 Å². The van der Waals surface area contributed by atoms with Crippen molar-refractivity contribution in [2.24, 2.45) is 4.99 Å². The first-order valence-corrected chi connectivity index (χ1v) is 13.0. The molecule has 0 aliphatic carbocycles. The molecule has 2 radical (unpaired) electrons. The lowest BCUT2D eigenvalue weighted by atomic mass is 10.1. The van der Waals surface area contributed by atoms with E-state index in [2.05, 4.69) is 20.2 Å². The molecule has 0 aliphatic rings. The molecule has 0 amide bonds. The molecular formula is C23H23BClF2N7O4S. The number of aliphatic hydroxyl groups is 2. The van der Waals surface area contributed by atoms with Gasteiger partial charge in [0.05, 0.1) is 34.6 Å². The number of hydrogen-bond acceptors (Lipinski definition) is 9. The van der Waals surface area contributed by atoms with Crippen LogP contribution < -0.4 is 10.5 Å². The molecule has 0 saturated carbocycles. The second-order valence-electron chi connectivity index (χ2n) is 8.15. The molecule has 1 unspecified atom stereocenters. The Bertz CT molecular complexity index is 1570. The van der Waals surface area contributed by atoms with Crippen molar-refractivity contribution in [2.45, 2.75) is 31.1 Å². The van der Waals surface area contributed by atoms with Gasteiger partial charge < -0.3 is 15.1 Å². The minimum absolute atomic E-state index is 0.00946. The summed E-state index contributed by atoms with van der Waals surface area (Å²) in [5.41, 5.74) is -1.28. The van der Waals surface area contributed by atoms with E-state index in [0.717, 1.165) is 10.8 Å². The lowest BCUT2D eigenvalue weighted by molar-refractivity contribution is -0.169. The SMILES string of the molecule is [B]C(O)(O)n1ncc(CN(C)c2nc(C)n(/C=C(F)/C(=N/C=C/C)c3cccc(S(C)=O)c3F)c(=O)c2Cl)n1. The Hall–Kier alpha value is -3.53. The van der Waals surface area contributed by atoms with Crippen molar-refractivity contribution >= 4 is 48.0 Å². The van der Waals surface area contributed by atoms with Gasteiger partial charge >= 0.3 is 0 Å². The molecule has 0 fully saturated rings. The third-order valence-corrected chi connectivity index (χ3v) is 6.43. The summed E-state index contributed by atoms with van der Waals surface area (Å²) in [7, 11) is 4.98. The van der Waals surface area contributed by atoms with Gasteiger partial charge in [0.1, 0.15) is 28.1 Å². The van der Waals surface area contributed by atoms with Crippen LogP contribution in [-0.4, -0.2) is 65.8 Å². The fourth-order valence-electron chi connectivity index (χ4n) is 3.35. The highest BCUT2D eigenvalue weighted by atomic mass is 35.5. The lowest BCUT2D eigenvalue weighted by Crippen LogP contribution is -2.35. The number of aromatic nitrogens is 5. The molecule has 3 aromatic rings. The van der Waals surface area contributed by atoms with Gasteiger partial charge in [-0.2, -0.15) is 10.2 Å². The lowest BCUT2D eigenvalue weighted by Gasteiger charge is -2.19. The first kappa shape index (κ1) is 30.0. The zero-order chi connectivity index (χ0) is 29.1. The van der Waals surface area contributed by atoms with Crippen molar-refractivity contribution in [3.05, 3.63) is 80.8 Å². The summed E-state index contributed by atoms with van der Waals surface area (Å²) in [6.07, 6.45) is 6.04. The van der Waals surface area contributed by atoms with Crippen molar-refractivity contribution in [2.75, 3.05) is 18.2 Å². The highest BCUT2D eigenvalue weighted by Crippen LogP contribution is 2.23. The molecule has 0 aliphatic heterocycles. The van der Waals surface area contributed by atoms with Crippen LogP contribution in [0.4, 0.5) is 14.6 Å². The normalized spacial score (nSPS) is 13.8. The van der Waals surface area contributed by atoms with E-state index >= 15 is 8.78 Å². The number of nitrogens with zero attached hydrogens (tertiary/aromatic N) is 7. The highest BCUT2D eigenvalue weighted by Gasteiger charge is 2.23. The van der Waals surface area contributed by atoms with E-state index in [1.54, 1.807) is 6.92 Å². The number of aliphatic imine (C=N–C) groups is 1. The average Bonchev–Trinajstić information content (AvgIpc) is 3.34. The average molecular weight is 578 g/mol. The zero-order valence-corrected chi connectivity index (χ0v) is 22.8. The van der Waals surface area contributed by atoms with E-state index in [4.69, 9.17) is 19.4 Å². The van der Waals surface area contributed by atoms with Crippen LogP contribution in [0.3, 0.4) is 0 Å². The number of aryl methyl sites for hydroxylation is 1. The van der Waals surface area contributed by atoms with E-state index in [1.165, 1.54) is 61.8 Å². The second-order valence-corrected chi connectivity index (χ2v) is 9.88. The summed E-state index contributed by atoms with van der Waals surface area (Å²) in [6.45, 7) is 3.05. The minimum Gasteiger partial charge on any atom is -0.355 e. The Kier molecular flexibility index (Phi) is 9.32. The highest BCUT2D eigenvalue weighted by molar-refractivity contribution is 7.84. The number of allylic oxidation sites excluding steroid dienone is 2. The maximum absolute atomic E-state index is 15.6. The standard InChI is InChI=1S/C23H23BClF2N7O4S/c1-5-9-28-20(15-7-6-8-17(19(15)27)39(4)38)16(26)12-33-13(2)30-21(18(25)22(33)35)32(3)11-14-10-29-34(31-14)23(24,36)37/h5-10,12,36-37H,11H2,1-4H3/b9-5+,16-12-,28-20+. The van der Waals surface area contributed by atoms with Gasteiger partial charge in [0, 0.05) is 25.1 Å². The van der Waals surface area contributed by atoms with Gasteiger partial charge in [0.15, 0.2) is 19.5 Å². The molecule has 16 heteroatoms. The molecule has 0 saturated heterocycles.